The second kappa shape index (κ2) is 10.5. The van der Waals surface area contributed by atoms with Gasteiger partial charge in [0.2, 0.25) is 11.8 Å². The van der Waals surface area contributed by atoms with Crippen molar-refractivity contribution >= 4 is 11.8 Å². The molecule has 3 fully saturated rings. The number of aryl methyl sites for hydroxylation is 1. The van der Waals surface area contributed by atoms with Gasteiger partial charge in [-0.1, -0.05) is 12.1 Å². The molecule has 6 nitrogen and oxygen atoms in total. The summed E-state index contributed by atoms with van der Waals surface area (Å²) in [6.45, 7) is 4.60. The van der Waals surface area contributed by atoms with Crippen molar-refractivity contribution in [2.45, 2.75) is 57.4 Å². The van der Waals surface area contributed by atoms with Gasteiger partial charge in [-0.05, 0) is 74.6 Å². The van der Waals surface area contributed by atoms with E-state index in [1.165, 1.54) is 6.42 Å². The van der Waals surface area contributed by atoms with E-state index in [-0.39, 0.29) is 5.91 Å². The molecule has 6 heteroatoms. The van der Waals surface area contributed by atoms with Crippen molar-refractivity contribution < 1.29 is 14.3 Å². The van der Waals surface area contributed by atoms with Gasteiger partial charge in [0, 0.05) is 45.1 Å². The molecule has 3 aliphatic rings. The summed E-state index contributed by atoms with van der Waals surface area (Å²) in [5.41, 5.74) is 1.15. The van der Waals surface area contributed by atoms with Gasteiger partial charge in [0.05, 0.1) is 7.11 Å². The molecule has 0 aliphatic carbocycles. The Kier molecular flexibility index (Phi) is 7.49. The third-order valence-electron chi connectivity index (χ3n) is 7.29. The quantitative estimate of drug-likeness (QED) is 0.693. The number of ether oxygens (including phenoxy) is 1. The third kappa shape index (κ3) is 5.79. The normalized spacial score (nSPS) is 25.5. The summed E-state index contributed by atoms with van der Waals surface area (Å²) in [6.07, 6.45) is 7.45. The van der Waals surface area contributed by atoms with Gasteiger partial charge in [-0.25, -0.2) is 0 Å². The van der Waals surface area contributed by atoms with E-state index in [1.54, 1.807) is 7.11 Å². The van der Waals surface area contributed by atoms with Crippen LogP contribution in [-0.4, -0.2) is 67.5 Å². The van der Waals surface area contributed by atoms with E-state index in [2.05, 4.69) is 16.3 Å². The topological polar surface area (TPSA) is 61.9 Å². The molecule has 0 radical (unpaired) electrons. The minimum absolute atomic E-state index is 0.266. The van der Waals surface area contributed by atoms with E-state index in [0.717, 1.165) is 76.1 Å². The first kappa shape index (κ1) is 22.1. The zero-order valence-electron chi connectivity index (χ0n) is 18.9. The summed E-state index contributed by atoms with van der Waals surface area (Å²) in [7, 11) is 1.67. The van der Waals surface area contributed by atoms with Gasteiger partial charge >= 0.3 is 0 Å². The van der Waals surface area contributed by atoms with Crippen LogP contribution in [0.25, 0.3) is 0 Å². The zero-order chi connectivity index (χ0) is 21.6. The van der Waals surface area contributed by atoms with Crippen molar-refractivity contribution in [3.8, 4) is 5.75 Å². The van der Waals surface area contributed by atoms with Crippen LogP contribution in [0.1, 0.15) is 50.5 Å². The van der Waals surface area contributed by atoms with Gasteiger partial charge in [-0.2, -0.15) is 0 Å². The number of fused-ring (bicyclic) bond motifs is 2. The molecule has 3 aliphatic heterocycles. The number of hydrogen-bond donors (Lipinski definition) is 1. The van der Waals surface area contributed by atoms with E-state index < -0.39 is 0 Å². The molecule has 4 rings (SSSR count). The Labute approximate surface area is 186 Å². The molecular weight excluding hydrogens is 390 g/mol. The number of hydrogen-bond acceptors (Lipinski definition) is 4. The molecule has 31 heavy (non-hydrogen) atoms. The van der Waals surface area contributed by atoms with Crippen molar-refractivity contribution in [3.05, 3.63) is 29.8 Å². The van der Waals surface area contributed by atoms with Gasteiger partial charge in [0.25, 0.3) is 0 Å². The van der Waals surface area contributed by atoms with Gasteiger partial charge < -0.3 is 19.9 Å². The first-order chi connectivity index (χ1) is 15.1. The summed E-state index contributed by atoms with van der Waals surface area (Å²) < 4.78 is 5.29. The molecular formula is C25H37N3O3. The molecule has 1 aromatic rings. The highest BCUT2D eigenvalue weighted by Crippen LogP contribution is 2.31. The molecule has 2 unspecified atom stereocenters. The van der Waals surface area contributed by atoms with Gasteiger partial charge in [0.15, 0.2) is 0 Å². The molecule has 0 aromatic heterocycles. The summed E-state index contributed by atoms with van der Waals surface area (Å²) >= 11 is 0. The minimum Gasteiger partial charge on any atom is -0.497 e. The highest BCUT2D eigenvalue weighted by Gasteiger charge is 2.37. The van der Waals surface area contributed by atoms with Crippen LogP contribution in [0.15, 0.2) is 24.3 Å². The van der Waals surface area contributed by atoms with Crippen LogP contribution in [0.4, 0.5) is 0 Å². The fourth-order valence-electron chi connectivity index (χ4n) is 5.55. The number of methoxy groups -OCH3 is 1. The number of likely N-dealkylation sites (tertiary alicyclic amines) is 2. The predicted molar refractivity (Wildman–Crippen MR) is 121 cm³/mol. The maximum Gasteiger partial charge on any atom is 0.222 e. The van der Waals surface area contributed by atoms with Crippen molar-refractivity contribution in [2.75, 3.05) is 39.8 Å². The Hall–Kier alpha value is -2.08. The molecule has 1 aromatic carbocycles. The van der Waals surface area contributed by atoms with Crippen LogP contribution in [0.3, 0.4) is 0 Å². The van der Waals surface area contributed by atoms with Crippen molar-refractivity contribution in [1.29, 1.82) is 0 Å². The number of carbonyl (C=O) groups is 2. The Balaban J connectivity index is 1.24. The van der Waals surface area contributed by atoms with E-state index in [4.69, 9.17) is 4.74 Å². The maximum absolute atomic E-state index is 12.9. The Morgan fingerprint density at radius 2 is 1.90 bits per heavy atom. The summed E-state index contributed by atoms with van der Waals surface area (Å²) in [5, 5.41) is 3.72. The lowest BCUT2D eigenvalue weighted by Crippen LogP contribution is -2.57. The molecule has 0 saturated carbocycles. The molecule has 3 heterocycles. The van der Waals surface area contributed by atoms with Crippen LogP contribution in [0, 0.1) is 11.8 Å². The van der Waals surface area contributed by atoms with E-state index in [1.807, 2.05) is 23.1 Å². The Bertz CT molecular complexity index is 762. The fraction of sp³-hybridized carbons (Fsp3) is 0.680. The van der Waals surface area contributed by atoms with Gasteiger partial charge in [0.1, 0.15) is 5.75 Å². The molecule has 2 bridgehead atoms. The average Bonchev–Trinajstić information content (AvgIpc) is 3.34. The van der Waals surface area contributed by atoms with Crippen molar-refractivity contribution in [3.63, 3.8) is 0 Å². The Morgan fingerprint density at radius 3 is 2.71 bits per heavy atom. The van der Waals surface area contributed by atoms with Crippen molar-refractivity contribution in [1.82, 2.24) is 15.1 Å². The Morgan fingerprint density at radius 1 is 1.10 bits per heavy atom. The first-order valence-electron chi connectivity index (χ1n) is 12.0. The standard InChI is InChI=1S/C25H37N3O3/c1-31-22-7-4-6-19(15-22)10-11-25(30)28-17-20-14-21(18-28)23(26-16-20)8-5-9-24(29)27-12-2-3-13-27/h4,6-7,15,20-21,23,26H,2-3,5,8-14,16-18H2,1H3/t20?,21?,23-/m1/s1. The van der Waals surface area contributed by atoms with E-state index in [0.29, 0.717) is 36.6 Å². The summed E-state index contributed by atoms with van der Waals surface area (Å²) in [6, 6.07) is 8.42. The largest absolute Gasteiger partial charge is 0.497 e. The van der Waals surface area contributed by atoms with E-state index in [9.17, 15) is 9.59 Å². The monoisotopic (exact) mass is 427 g/mol. The number of amides is 2. The lowest BCUT2D eigenvalue weighted by Gasteiger charge is -2.46. The highest BCUT2D eigenvalue weighted by atomic mass is 16.5. The third-order valence-corrected chi connectivity index (χ3v) is 7.29. The molecule has 3 atom stereocenters. The lowest BCUT2D eigenvalue weighted by atomic mass is 9.79. The smallest absolute Gasteiger partial charge is 0.222 e. The number of benzene rings is 1. The zero-order valence-corrected chi connectivity index (χ0v) is 18.9. The highest BCUT2D eigenvalue weighted by molar-refractivity contribution is 5.77. The molecule has 0 spiro atoms. The molecule has 2 amide bonds. The number of rotatable bonds is 8. The van der Waals surface area contributed by atoms with Crippen LogP contribution in [-0.2, 0) is 16.0 Å². The number of nitrogens with zero attached hydrogens (tertiary/aromatic N) is 2. The lowest BCUT2D eigenvalue weighted by molar-refractivity contribution is -0.135. The van der Waals surface area contributed by atoms with E-state index >= 15 is 0 Å². The van der Waals surface area contributed by atoms with Gasteiger partial charge in [-0.3, -0.25) is 9.59 Å². The first-order valence-corrected chi connectivity index (χ1v) is 12.0. The number of nitrogens with one attached hydrogen (secondary N) is 1. The number of carbonyl (C=O) groups excluding carboxylic acids is 2. The number of piperidine rings is 2. The minimum atomic E-state index is 0.266. The second-order valence-electron chi connectivity index (χ2n) is 9.51. The van der Waals surface area contributed by atoms with Crippen LogP contribution in [0.2, 0.25) is 0 Å². The predicted octanol–water partition coefficient (Wildman–Crippen LogP) is 2.86. The van der Waals surface area contributed by atoms with Gasteiger partial charge in [-0.15, -0.1) is 0 Å². The summed E-state index contributed by atoms with van der Waals surface area (Å²) in [4.78, 5) is 29.4. The van der Waals surface area contributed by atoms with Crippen LogP contribution in [0.5, 0.6) is 5.75 Å². The molecule has 1 N–H and O–H groups in total. The summed E-state index contributed by atoms with van der Waals surface area (Å²) in [5.74, 6) is 2.50. The molecule has 170 valence electrons. The SMILES string of the molecule is COc1cccc(CCC(=O)N2CC3CN[C@H](CCCC(=O)N4CCCC4)C(C3)C2)c1. The van der Waals surface area contributed by atoms with Crippen LogP contribution >= 0.6 is 0 Å². The second-order valence-corrected chi connectivity index (χ2v) is 9.51. The average molecular weight is 428 g/mol. The fourth-order valence-corrected chi connectivity index (χ4v) is 5.55. The molecule has 3 saturated heterocycles. The maximum atomic E-state index is 12.9. The van der Waals surface area contributed by atoms with Crippen LogP contribution < -0.4 is 10.1 Å². The van der Waals surface area contributed by atoms with Crippen molar-refractivity contribution in [2.24, 2.45) is 11.8 Å².